The molecule has 2 N–H and O–H groups in total. The van der Waals surface area contributed by atoms with E-state index in [0.717, 1.165) is 0 Å². The zero-order valence-corrected chi connectivity index (χ0v) is 18.9. The van der Waals surface area contributed by atoms with Crippen molar-refractivity contribution in [2.45, 2.75) is 12.8 Å². The van der Waals surface area contributed by atoms with E-state index < -0.39 is 5.91 Å². The zero-order chi connectivity index (χ0) is 24.1. The number of fused-ring (bicyclic) bond motifs is 1. The first-order valence-corrected chi connectivity index (χ1v) is 10.2. The molecule has 0 aliphatic carbocycles. The molecule has 0 fully saturated rings. The molecule has 1 aliphatic heterocycles. The number of carbonyl (C=O) groups is 4. The van der Waals surface area contributed by atoms with Crippen molar-refractivity contribution in [3.63, 3.8) is 0 Å². The Morgan fingerprint density at radius 1 is 1.06 bits per heavy atom. The second-order valence-corrected chi connectivity index (χ2v) is 7.55. The van der Waals surface area contributed by atoms with E-state index in [0.29, 0.717) is 22.9 Å². The van der Waals surface area contributed by atoms with Gasteiger partial charge in [0.25, 0.3) is 5.91 Å². The maximum Gasteiger partial charge on any atom is 0.255 e. The Kier molecular flexibility index (Phi) is 7.17. The molecule has 33 heavy (non-hydrogen) atoms. The fourth-order valence-electron chi connectivity index (χ4n) is 3.42. The molecular weight excluding hydrogens is 428 g/mol. The summed E-state index contributed by atoms with van der Waals surface area (Å²) >= 11 is 0. The number of hydrogen-bond donors (Lipinski definition) is 2. The minimum absolute atomic E-state index is 0.113. The molecule has 0 aromatic heterocycles. The lowest BCUT2D eigenvalue weighted by Gasteiger charge is -2.29. The fourth-order valence-corrected chi connectivity index (χ4v) is 3.42. The van der Waals surface area contributed by atoms with Gasteiger partial charge in [0.1, 0.15) is 6.54 Å². The molecule has 1 heterocycles. The smallest absolute Gasteiger partial charge is 0.255 e. The molecule has 2 aromatic rings. The number of ether oxygens (including phenoxy) is 2. The van der Waals surface area contributed by atoms with Crippen LogP contribution in [-0.2, 0) is 14.4 Å². The molecule has 1 aliphatic rings. The van der Waals surface area contributed by atoms with Crippen LogP contribution >= 0.6 is 0 Å². The lowest BCUT2D eigenvalue weighted by Crippen LogP contribution is -2.42. The molecule has 0 saturated carbocycles. The van der Waals surface area contributed by atoms with E-state index in [1.807, 2.05) is 0 Å². The van der Waals surface area contributed by atoms with Crippen molar-refractivity contribution in [1.29, 1.82) is 0 Å². The van der Waals surface area contributed by atoms with Gasteiger partial charge in [0.2, 0.25) is 17.7 Å². The number of para-hydroxylation sites is 2. The van der Waals surface area contributed by atoms with Crippen molar-refractivity contribution in [3.8, 4) is 11.5 Å². The lowest BCUT2D eigenvalue weighted by atomic mass is 10.1. The van der Waals surface area contributed by atoms with Gasteiger partial charge in [-0.05, 0) is 18.2 Å². The first-order chi connectivity index (χ1) is 15.7. The minimum Gasteiger partial charge on any atom is -0.493 e. The molecule has 0 unspecified atom stereocenters. The summed E-state index contributed by atoms with van der Waals surface area (Å²) in [5.74, 6) is -0.766. The Labute approximate surface area is 191 Å². The number of carbonyl (C=O) groups excluding carboxylic acids is 4. The van der Waals surface area contributed by atoms with Crippen LogP contribution in [-0.4, -0.2) is 63.4 Å². The van der Waals surface area contributed by atoms with E-state index in [9.17, 15) is 19.2 Å². The highest BCUT2D eigenvalue weighted by molar-refractivity contribution is 6.11. The molecule has 3 rings (SSSR count). The summed E-state index contributed by atoms with van der Waals surface area (Å²) in [6.45, 7) is -0.116. The highest BCUT2D eigenvalue weighted by Crippen LogP contribution is 2.34. The third-order valence-electron chi connectivity index (χ3n) is 5.07. The van der Waals surface area contributed by atoms with E-state index in [-0.39, 0.29) is 48.4 Å². The van der Waals surface area contributed by atoms with Gasteiger partial charge in [-0.25, -0.2) is 0 Å². The standard InChI is InChI=1S/C23H26N4O6/c1-26(2)23(31)14-11-18(32-3)19(33-4)12-16(14)25-20(28)9-10-22(30)27-13-21(29)24-15-7-5-6-8-17(15)27/h5-8,11-12H,9-10,13H2,1-4H3,(H,24,29)(H,25,28). The summed E-state index contributed by atoms with van der Waals surface area (Å²) in [4.78, 5) is 52.7. The third kappa shape index (κ3) is 5.22. The average Bonchev–Trinajstić information content (AvgIpc) is 2.81. The molecule has 4 amide bonds. The number of anilines is 3. The van der Waals surface area contributed by atoms with Gasteiger partial charge in [0.05, 0.1) is 36.8 Å². The van der Waals surface area contributed by atoms with E-state index in [2.05, 4.69) is 10.6 Å². The van der Waals surface area contributed by atoms with Crippen LogP contribution in [0.2, 0.25) is 0 Å². The van der Waals surface area contributed by atoms with Gasteiger partial charge in [0.15, 0.2) is 11.5 Å². The van der Waals surface area contributed by atoms with Crippen LogP contribution in [0.3, 0.4) is 0 Å². The Morgan fingerprint density at radius 2 is 1.73 bits per heavy atom. The Balaban J connectivity index is 1.74. The number of nitrogens with zero attached hydrogens (tertiary/aromatic N) is 2. The van der Waals surface area contributed by atoms with Crippen molar-refractivity contribution in [1.82, 2.24) is 4.90 Å². The van der Waals surface area contributed by atoms with Crippen LogP contribution in [0, 0.1) is 0 Å². The summed E-state index contributed by atoms with van der Waals surface area (Å²) in [6, 6.07) is 9.96. The number of methoxy groups -OCH3 is 2. The number of benzene rings is 2. The maximum atomic E-state index is 12.8. The molecule has 10 heteroatoms. The number of hydrogen-bond acceptors (Lipinski definition) is 6. The van der Waals surface area contributed by atoms with Crippen molar-refractivity contribution in [2.24, 2.45) is 0 Å². The second-order valence-electron chi connectivity index (χ2n) is 7.55. The second kappa shape index (κ2) is 10.0. The van der Waals surface area contributed by atoms with Crippen LogP contribution < -0.4 is 25.0 Å². The van der Waals surface area contributed by atoms with Crippen molar-refractivity contribution < 1.29 is 28.7 Å². The summed E-state index contributed by atoms with van der Waals surface area (Å²) in [5, 5.41) is 5.40. The Hall–Kier alpha value is -4.08. The van der Waals surface area contributed by atoms with E-state index in [1.165, 1.54) is 36.2 Å². The van der Waals surface area contributed by atoms with Gasteiger partial charge in [-0.1, -0.05) is 12.1 Å². The summed E-state index contributed by atoms with van der Waals surface area (Å²) in [7, 11) is 6.08. The molecule has 0 saturated heterocycles. The molecule has 0 radical (unpaired) electrons. The van der Waals surface area contributed by atoms with Crippen molar-refractivity contribution >= 4 is 40.7 Å². The van der Waals surface area contributed by atoms with Gasteiger partial charge < -0.3 is 29.9 Å². The first-order valence-electron chi connectivity index (χ1n) is 10.2. The first kappa shape index (κ1) is 23.6. The minimum atomic E-state index is -0.460. The van der Waals surface area contributed by atoms with Gasteiger partial charge in [-0.2, -0.15) is 0 Å². The summed E-state index contributed by atoms with van der Waals surface area (Å²) in [5.41, 5.74) is 1.59. The van der Waals surface area contributed by atoms with Crippen LogP contribution in [0.15, 0.2) is 36.4 Å². The highest BCUT2D eigenvalue weighted by Gasteiger charge is 2.27. The zero-order valence-electron chi connectivity index (χ0n) is 18.9. The quantitative estimate of drug-likeness (QED) is 0.662. The van der Waals surface area contributed by atoms with Crippen LogP contribution in [0.25, 0.3) is 0 Å². The van der Waals surface area contributed by atoms with Crippen LogP contribution in [0.1, 0.15) is 23.2 Å². The van der Waals surface area contributed by atoms with Crippen molar-refractivity contribution in [2.75, 3.05) is 50.4 Å². The highest BCUT2D eigenvalue weighted by atomic mass is 16.5. The Bertz CT molecular complexity index is 1100. The topological polar surface area (TPSA) is 117 Å². The fraction of sp³-hybridized carbons (Fsp3) is 0.304. The molecule has 0 atom stereocenters. The summed E-state index contributed by atoms with van der Waals surface area (Å²) < 4.78 is 10.5. The molecule has 0 spiro atoms. The monoisotopic (exact) mass is 454 g/mol. The van der Waals surface area contributed by atoms with E-state index in [1.54, 1.807) is 38.4 Å². The average molecular weight is 454 g/mol. The molecule has 174 valence electrons. The molecule has 10 nitrogen and oxygen atoms in total. The number of amides is 4. The number of nitrogens with one attached hydrogen (secondary N) is 2. The van der Waals surface area contributed by atoms with Gasteiger partial charge in [-0.15, -0.1) is 0 Å². The van der Waals surface area contributed by atoms with Crippen LogP contribution in [0.5, 0.6) is 11.5 Å². The SMILES string of the molecule is COc1cc(NC(=O)CCC(=O)N2CC(=O)Nc3ccccc32)c(C(=O)N(C)C)cc1OC. The normalized spacial score (nSPS) is 12.4. The van der Waals surface area contributed by atoms with Gasteiger partial charge in [-0.3, -0.25) is 19.2 Å². The maximum absolute atomic E-state index is 12.8. The third-order valence-corrected chi connectivity index (χ3v) is 5.07. The molecule has 0 bridgehead atoms. The largest absolute Gasteiger partial charge is 0.493 e. The number of rotatable bonds is 7. The predicted molar refractivity (Wildman–Crippen MR) is 123 cm³/mol. The lowest BCUT2D eigenvalue weighted by molar-refractivity contribution is -0.124. The van der Waals surface area contributed by atoms with E-state index >= 15 is 0 Å². The predicted octanol–water partition coefficient (Wildman–Crippen LogP) is 2.11. The Morgan fingerprint density at radius 3 is 2.39 bits per heavy atom. The molecular formula is C23H26N4O6. The van der Waals surface area contributed by atoms with Crippen molar-refractivity contribution in [3.05, 3.63) is 42.0 Å². The van der Waals surface area contributed by atoms with Gasteiger partial charge >= 0.3 is 0 Å². The van der Waals surface area contributed by atoms with Crippen LogP contribution in [0.4, 0.5) is 17.1 Å². The van der Waals surface area contributed by atoms with E-state index in [4.69, 9.17) is 9.47 Å². The summed E-state index contributed by atoms with van der Waals surface area (Å²) in [6.07, 6.45) is -0.249. The molecule has 2 aromatic carbocycles. The van der Waals surface area contributed by atoms with Gasteiger partial charge in [0, 0.05) is 33.0 Å².